The van der Waals surface area contributed by atoms with Gasteiger partial charge in [0.05, 0.1) is 38.0 Å². The molecular weight excluding hydrogens is 382 g/mol. The second kappa shape index (κ2) is 8.16. The molecule has 0 bridgehead atoms. The number of hydrogen-bond donors (Lipinski definition) is 2. The highest BCUT2D eigenvalue weighted by Crippen LogP contribution is 2.31. The summed E-state index contributed by atoms with van der Waals surface area (Å²) in [7, 11) is 4.73. The van der Waals surface area contributed by atoms with E-state index in [0.717, 1.165) is 17.1 Å². The Morgan fingerprint density at radius 2 is 1.57 bits per heavy atom. The molecule has 7 nitrogen and oxygen atoms in total. The van der Waals surface area contributed by atoms with Crippen molar-refractivity contribution in [2.75, 3.05) is 26.6 Å². The first kappa shape index (κ1) is 19.3. The molecule has 4 rings (SSSR count). The zero-order chi connectivity index (χ0) is 21.1. The number of carbonyl (C=O) groups excluding carboxylic acids is 1. The quantitative estimate of drug-likeness (QED) is 0.440. The van der Waals surface area contributed by atoms with Crippen molar-refractivity contribution in [3.05, 3.63) is 72.1 Å². The van der Waals surface area contributed by atoms with Gasteiger partial charge in [0.1, 0.15) is 22.9 Å². The van der Waals surface area contributed by atoms with Crippen molar-refractivity contribution in [3.63, 3.8) is 0 Å². The predicted molar refractivity (Wildman–Crippen MR) is 115 cm³/mol. The Kier molecular flexibility index (Phi) is 5.26. The Hall–Kier alpha value is -4.00. The van der Waals surface area contributed by atoms with E-state index in [-0.39, 0.29) is 5.78 Å². The van der Waals surface area contributed by atoms with Gasteiger partial charge in [0.25, 0.3) is 0 Å². The van der Waals surface area contributed by atoms with Gasteiger partial charge in [-0.2, -0.15) is 0 Å². The molecule has 2 aromatic carbocycles. The fourth-order valence-electron chi connectivity index (χ4n) is 3.26. The third-order valence-electron chi connectivity index (χ3n) is 4.80. The number of methoxy groups -OCH3 is 3. The number of benzene rings is 2. The van der Waals surface area contributed by atoms with Crippen LogP contribution in [0.2, 0.25) is 0 Å². The summed E-state index contributed by atoms with van der Waals surface area (Å²) in [5.74, 6) is 1.70. The topological polar surface area (TPSA) is 85.5 Å². The van der Waals surface area contributed by atoms with Crippen molar-refractivity contribution in [2.24, 2.45) is 0 Å². The number of nitrogens with zero attached hydrogens (tertiary/aromatic N) is 1. The first-order valence-electron chi connectivity index (χ1n) is 9.28. The molecule has 0 aliphatic rings. The second-order valence-electron chi connectivity index (χ2n) is 6.57. The highest BCUT2D eigenvalue weighted by molar-refractivity contribution is 6.18. The fourth-order valence-corrected chi connectivity index (χ4v) is 3.26. The average Bonchev–Trinajstić information content (AvgIpc) is 3.24. The van der Waals surface area contributed by atoms with Gasteiger partial charge in [-0.1, -0.05) is 0 Å². The van der Waals surface area contributed by atoms with Crippen LogP contribution in [0.15, 0.2) is 60.9 Å². The SMILES string of the molecule is COc1ccc(Nc2ccnc3[nH]cc(C(=O)c4cc(OC)cc(OC)c4)c23)cc1. The summed E-state index contributed by atoms with van der Waals surface area (Å²) in [6.07, 6.45) is 3.36. The Labute approximate surface area is 173 Å². The van der Waals surface area contributed by atoms with Crippen molar-refractivity contribution in [2.45, 2.75) is 0 Å². The third kappa shape index (κ3) is 3.65. The van der Waals surface area contributed by atoms with Crippen LogP contribution in [0.4, 0.5) is 11.4 Å². The molecule has 2 N–H and O–H groups in total. The number of fused-ring (bicyclic) bond motifs is 1. The molecule has 2 heterocycles. The molecule has 2 aromatic heterocycles. The van der Waals surface area contributed by atoms with Crippen LogP contribution in [-0.2, 0) is 0 Å². The van der Waals surface area contributed by atoms with Crippen molar-refractivity contribution in [1.29, 1.82) is 0 Å². The Morgan fingerprint density at radius 1 is 0.900 bits per heavy atom. The van der Waals surface area contributed by atoms with Crippen molar-refractivity contribution in [1.82, 2.24) is 9.97 Å². The first-order chi connectivity index (χ1) is 14.6. The lowest BCUT2D eigenvalue weighted by Gasteiger charge is -2.11. The van der Waals surface area contributed by atoms with Gasteiger partial charge in [-0.3, -0.25) is 4.79 Å². The maximum atomic E-state index is 13.3. The maximum absolute atomic E-state index is 13.3. The summed E-state index contributed by atoms with van der Waals surface area (Å²) >= 11 is 0. The number of aromatic amines is 1. The molecule has 0 aliphatic heterocycles. The van der Waals surface area contributed by atoms with Crippen LogP contribution in [0.25, 0.3) is 11.0 Å². The summed E-state index contributed by atoms with van der Waals surface area (Å²) < 4.78 is 15.8. The number of rotatable bonds is 7. The van der Waals surface area contributed by atoms with E-state index in [1.807, 2.05) is 30.3 Å². The van der Waals surface area contributed by atoms with Crippen molar-refractivity contribution >= 4 is 28.2 Å². The van der Waals surface area contributed by atoms with E-state index in [0.29, 0.717) is 33.7 Å². The largest absolute Gasteiger partial charge is 0.497 e. The standard InChI is InChI=1S/C23H21N3O4/c1-28-16-6-4-15(5-7-16)26-20-8-9-24-23-21(20)19(13-25-23)22(27)14-10-17(29-2)12-18(11-14)30-3/h4-13H,1-3H3,(H2,24,25,26). The molecule has 0 atom stereocenters. The van der Waals surface area contributed by atoms with E-state index in [9.17, 15) is 4.79 Å². The molecule has 0 aliphatic carbocycles. The van der Waals surface area contributed by atoms with E-state index >= 15 is 0 Å². The summed E-state index contributed by atoms with van der Waals surface area (Å²) in [5.41, 5.74) is 3.22. The third-order valence-corrected chi connectivity index (χ3v) is 4.80. The second-order valence-corrected chi connectivity index (χ2v) is 6.57. The molecule has 30 heavy (non-hydrogen) atoms. The van der Waals surface area contributed by atoms with Crippen LogP contribution >= 0.6 is 0 Å². The van der Waals surface area contributed by atoms with Crippen LogP contribution in [0.5, 0.6) is 17.2 Å². The van der Waals surface area contributed by atoms with E-state index in [2.05, 4.69) is 15.3 Å². The highest BCUT2D eigenvalue weighted by Gasteiger charge is 2.19. The van der Waals surface area contributed by atoms with Gasteiger partial charge in [-0.25, -0.2) is 4.98 Å². The molecule has 0 unspecified atom stereocenters. The molecule has 0 spiro atoms. The van der Waals surface area contributed by atoms with Gasteiger partial charge >= 0.3 is 0 Å². The van der Waals surface area contributed by atoms with Crippen LogP contribution in [-0.4, -0.2) is 37.1 Å². The van der Waals surface area contributed by atoms with E-state index in [1.165, 1.54) is 0 Å². The summed E-state index contributed by atoms with van der Waals surface area (Å²) in [5, 5.41) is 4.07. The minimum Gasteiger partial charge on any atom is -0.497 e. The normalized spacial score (nSPS) is 10.6. The summed E-state index contributed by atoms with van der Waals surface area (Å²) in [4.78, 5) is 20.8. The smallest absolute Gasteiger partial charge is 0.195 e. The molecule has 0 radical (unpaired) electrons. The predicted octanol–water partition coefficient (Wildman–Crippen LogP) is 4.56. The van der Waals surface area contributed by atoms with E-state index in [4.69, 9.17) is 14.2 Å². The van der Waals surface area contributed by atoms with Gasteiger partial charge in [-0.15, -0.1) is 0 Å². The first-order valence-corrected chi connectivity index (χ1v) is 9.28. The zero-order valence-corrected chi connectivity index (χ0v) is 16.9. The van der Waals surface area contributed by atoms with Crippen LogP contribution in [0.3, 0.4) is 0 Å². The molecule has 0 fully saturated rings. The fraction of sp³-hybridized carbons (Fsp3) is 0.130. The molecule has 0 saturated heterocycles. The Balaban J connectivity index is 1.76. The number of ether oxygens (including phenoxy) is 3. The number of nitrogens with one attached hydrogen (secondary N) is 2. The number of carbonyl (C=O) groups is 1. The van der Waals surface area contributed by atoms with E-state index < -0.39 is 0 Å². The van der Waals surface area contributed by atoms with Gasteiger partial charge < -0.3 is 24.5 Å². The number of aromatic nitrogens is 2. The van der Waals surface area contributed by atoms with Gasteiger partial charge in [0.2, 0.25) is 0 Å². The van der Waals surface area contributed by atoms with E-state index in [1.54, 1.807) is 51.9 Å². The Bertz CT molecular complexity index is 1180. The lowest BCUT2D eigenvalue weighted by atomic mass is 10.0. The summed E-state index contributed by atoms with van der Waals surface area (Å²) in [6, 6.07) is 14.5. The molecule has 0 amide bonds. The monoisotopic (exact) mass is 403 g/mol. The molecule has 152 valence electrons. The number of pyridine rings is 1. The minimum atomic E-state index is -0.163. The van der Waals surface area contributed by atoms with Crippen molar-refractivity contribution in [3.8, 4) is 17.2 Å². The van der Waals surface area contributed by atoms with Crippen LogP contribution in [0.1, 0.15) is 15.9 Å². The van der Waals surface area contributed by atoms with Crippen LogP contribution in [0, 0.1) is 0 Å². The van der Waals surface area contributed by atoms with Gasteiger partial charge in [0, 0.05) is 29.7 Å². The van der Waals surface area contributed by atoms with Crippen LogP contribution < -0.4 is 19.5 Å². The molecule has 0 saturated carbocycles. The van der Waals surface area contributed by atoms with Gasteiger partial charge in [-0.05, 0) is 42.5 Å². The summed E-state index contributed by atoms with van der Waals surface area (Å²) in [6.45, 7) is 0. The number of anilines is 2. The molecule has 4 aromatic rings. The lowest BCUT2D eigenvalue weighted by Crippen LogP contribution is -2.03. The van der Waals surface area contributed by atoms with Gasteiger partial charge in [0.15, 0.2) is 5.78 Å². The van der Waals surface area contributed by atoms with Crippen molar-refractivity contribution < 1.29 is 19.0 Å². The number of H-pyrrole nitrogens is 1. The minimum absolute atomic E-state index is 0.163. The molecule has 7 heteroatoms. The molecular formula is C23H21N3O4. The highest BCUT2D eigenvalue weighted by atomic mass is 16.5. The zero-order valence-electron chi connectivity index (χ0n) is 16.9. The maximum Gasteiger partial charge on any atom is 0.195 e. The number of ketones is 1. The average molecular weight is 403 g/mol. The number of hydrogen-bond acceptors (Lipinski definition) is 6. The lowest BCUT2D eigenvalue weighted by molar-refractivity contribution is 0.103. The Morgan fingerprint density at radius 3 is 2.20 bits per heavy atom.